The fourth-order valence-electron chi connectivity index (χ4n) is 3.16. The van der Waals surface area contributed by atoms with E-state index in [1.807, 2.05) is 0 Å². The Hall–Kier alpha value is -2.16. The Balaban J connectivity index is 2.15. The monoisotopic (exact) mass is 452 g/mol. The summed E-state index contributed by atoms with van der Waals surface area (Å²) in [5.74, 6) is -0.654. The van der Waals surface area contributed by atoms with Crippen LogP contribution >= 0.6 is 27.5 Å². The highest BCUT2D eigenvalue weighted by Gasteiger charge is 2.31. The van der Waals surface area contributed by atoms with E-state index in [4.69, 9.17) is 11.6 Å². The lowest BCUT2D eigenvalue weighted by molar-refractivity contribution is 0.263. The minimum absolute atomic E-state index is 0.0100. The molecule has 0 aliphatic carbocycles. The normalized spacial score (nSPS) is 15.8. The first-order chi connectivity index (χ1) is 12.9. The standard InChI is InChI=1S/C18H12BrClF2N4O/c1-8-24-25-18-12(7-27)23-17(14-10(21)3-2-4-11(14)22)15-13(26(8)18)6-5-9(19)16(15)20/h2-6,12,27H,7H2,1H3/t12-/m0/s1. The Labute approximate surface area is 166 Å². The van der Waals surface area contributed by atoms with Gasteiger partial charge in [-0.3, -0.25) is 9.56 Å². The summed E-state index contributed by atoms with van der Waals surface area (Å²) in [6.45, 7) is 1.32. The van der Waals surface area contributed by atoms with E-state index >= 15 is 0 Å². The van der Waals surface area contributed by atoms with Gasteiger partial charge in [-0.15, -0.1) is 10.2 Å². The largest absolute Gasteiger partial charge is 0.394 e. The van der Waals surface area contributed by atoms with Crippen LogP contribution in [0.4, 0.5) is 8.78 Å². The van der Waals surface area contributed by atoms with Gasteiger partial charge in [-0.2, -0.15) is 0 Å². The van der Waals surface area contributed by atoms with E-state index in [1.54, 1.807) is 23.6 Å². The summed E-state index contributed by atoms with van der Waals surface area (Å²) in [7, 11) is 0. The third kappa shape index (κ3) is 2.79. The summed E-state index contributed by atoms with van der Waals surface area (Å²) < 4.78 is 31.4. The molecular formula is C18H12BrClF2N4O. The average molecular weight is 454 g/mol. The fourth-order valence-corrected chi connectivity index (χ4v) is 3.74. The zero-order valence-corrected chi connectivity index (χ0v) is 16.3. The number of hydrogen-bond donors (Lipinski definition) is 1. The molecule has 1 atom stereocenters. The summed E-state index contributed by atoms with van der Waals surface area (Å²) in [5.41, 5.74) is 0.553. The van der Waals surface area contributed by atoms with Crippen molar-refractivity contribution in [1.82, 2.24) is 14.8 Å². The molecule has 2 aromatic carbocycles. The molecule has 0 bridgehead atoms. The van der Waals surface area contributed by atoms with Gasteiger partial charge in [0.25, 0.3) is 0 Å². The number of benzene rings is 2. The minimum Gasteiger partial charge on any atom is -0.394 e. The van der Waals surface area contributed by atoms with E-state index < -0.39 is 24.3 Å². The minimum atomic E-state index is -0.859. The molecule has 0 spiro atoms. The van der Waals surface area contributed by atoms with Crippen LogP contribution in [0.25, 0.3) is 5.69 Å². The number of fused-ring (bicyclic) bond motifs is 3. The van der Waals surface area contributed by atoms with E-state index in [2.05, 4.69) is 31.1 Å². The Kier molecular flexibility index (Phi) is 4.57. The molecule has 4 rings (SSSR count). The third-order valence-electron chi connectivity index (χ3n) is 4.36. The molecule has 1 aromatic heterocycles. The molecule has 1 aliphatic heterocycles. The van der Waals surface area contributed by atoms with Gasteiger partial charge in [-0.25, -0.2) is 8.78 Å². The summed E-state index contributed by atoms with van der Waals surface area (Å²) >= 11 is 9.87. The van der Waals surface area contributed by atoms with Crippen molar-refractivity contribution < 1.29 is 13.9 Å². The highest BCUT2D eigenvalue weighted by molar-refractivity contribution is 9.10. The van der Waals surface area contributed by atoms with E-state index in [9.17, 15) is 13.9 Å². The number of halogens is 4. The van der Waals surface area contributed by atoms with Gasteiger partial charge in [0.15, 0.2) is 5.82 Å². The molecule has 27 heavy (non-hydrogen) atoms. The zero-order valence-electron chi connectivity index (χ0n) is 13.9. The number of hydrogen-bond acceptors (Lipinski definition) is 4. The quantitative estimate of drug-likeness (QED) is 0.634. The first kappa shape index (κ1) is 18.2. The van der Waals surface area contributed by atoms with E-state index in [1.165, 1.54) is 6.07 Å². The smallest absolute Gasteiger partial charge is 0.164 e. The second-order valence-electron chi connectivity index (χ2n) is 5.97. The van der Waals surface area contributed by atoms with Crippen molar-refractivity contribution in [1.29, 1.82) is 0 Å². The van der Waals surface area contributed by atoms with Crippen molar-refractivity contribution in [3.63, 3.8) is 0 Å². The van der Waals surface area contributed by atoms with Crippen molar-refractivity contribution in [2.24, 2.45) is 4.99 Å². The second kappa shape index (κ2) is 6.78. The molecule has 0 saturated heterocycles. The van der Waals surface area contributed by atoms with Gasteiger partial charge in [0.1, 0.15) is 23.5 Å². The van der Waals surface area contributed by atoms with Crippen LogP contribution in [0.5, 0.6) is 0 Å². The van der Waals surface area contributed by atoms with E-state index in [0.29, 0.717) is 27.4 Å². The van der Waals surface area contributed by atoms with Crippen LogP contribution in [0.15, 0.2) is 39.8 Å². The lowest BCUT2D eigenvalue weighted by atomic mass is 9.99. The molecule has 5 nitrogen and oxygen atoms in total. The summed E-state index contributed by atoms with van der Waals surface area (Å²) in [5, 5.41) is 18.3. The van der Waals surface area contributed by atoms with Gasteiger partial charge in [0.05, 0.1) is 28.6 Å². The van der Waals surface area contributed by atoms with Crippen molar-refractivity contribution in [3.8, 4) is 5.69 Å². The molecule has 9 heteroatoms. The maximum absolute atomic E-state index is 14.6. The topological polar surface area (TPSA) is 63.3 Å². The number of aliphatic hydroxyl groups is 1. The maximum atomic E-state index is 14.6. The average Bonchev–Trinajstić information content (AvgIpc) is 2.94. The molecule has 1 N–H and O–H groups in total. The maximum Gasteiger partial charge on any atom is 0.164 e. The molecule has 1 aliphatic rings. The Morgan fingerprint density at radius 1 is 1.15 bits per heavy atom. The van der Waals surface area contributed by atoms with Gasteiger partial charge in [0.2, 0.25) is 0 Å². The van der Waals surface area contributed by atoms with Gasteiger partial charge in [0, 0.05) is 10.0 Å². The number of aryl methyl sites for hydroxylation is 1. The van der Waals surface area contributed by atoms with Gasteiger partial charge >= 0.3 is 0 Å². The van der Waals surface area contributed by atoms with Crippen molar-refractivity contribution in [2.75, 3.05) is 6.61 Å². The van der Waals surface area contributed by atoms with Crippen LogP contribution in [0.1, 0.15) is 28.8 Å². The van der Waals surface area contributed by atoms with E-state index in [0.717, 1.165) is 12.1 Å². The van der Waals surface area contributed by atoms with Crippen LogP contribution in [-0.2, 0) is 0 Å². The molecule has 0 saturated carbocycles. The summed E-state index contributed by atoms with van der Waals surface area (Å²) in [4.78, 5) is 4.44. The SMILES string of the molecule is Cc1nnc2n1-c1ccc(Br)c(Cl)c1C(c1c(F)cccc1F)=N[C@H]2CO. The van der Waals surface area contributed by atoms with Gasteiger partial charge < -0.3 is 5.11 Å². The molecule has 0 radical (unpaired) electrons. The molecule has 2 heterocycles. The Morgan fingerprint density at radius 2 is 1.85 bits per heavy atom. The van der Waals surface area contributed by atoms with Gasteiger partial charge in [-0.1, -0.05) is 17.7 Å². The molecular weight excluding hydrogens is 442 g/mol. The number of aromatic nitrogens is 3. The van der Waals surface area contributed by atoms with E-state index in [-0.39, 0.29) is 16.3 Å². The summed E-state index contributed by atoms with van der Waals surface area (Å²) in [6, 6.07) is 6.17. The Bertz CT molecular complexity index is 1080. The number of aliphatic imine (C=N–C) groups is 1. The zero-order chi connectivity index (χ0) is 19.3. The van der Waals surface area contributed by atoms with Crippen LogP contribution in [0.3, 0.4) is 0 Å². The van der Waals surface area contributed by atoms with Crippen LogP contribution in [0.2, 0.25) is 5.02 Å². The molecule has 0 fully saturated rings. The summed E-state index contributed by atoms with van der Waals surface area (Å²) in [6.07, 6.45) is 0. The number of rotatable bonds is 2. The lowest BCUT2D eigenvalue weighted by Crippen LogP contribution is -2.13. The first-order valence-electron chi connectivity index (χ1n) is 7.97. The molecule has 0 amide bonds. The number of nitrogens with zero attached hydrogens (tertiary/aromatic N) is 4. The molecule has 3 aromatic rings. The van der Waals surface area contributed by atoms with Gasteiger partial charge in [-0.05, 0) is 47.1 Å². The van der Waals surface area contributed by atoms with Crippen LogP contribution in [-0.4, -0.2) is 32.2 Å². The van der Waals surface area contributed by atoms with Crippen LogP contribution < -0.4 is 0 Å². The van der Waals surface area contributed by atoms with Crippen LogP contribution in [0, 0.1) is 18.6 Å². The molecule has 0 unspecified atom stereocenters. The van der Waals surface area contributed by atoms with Crippen molar-refractivity contribution in [2.45, 2.75) is 13.0 Å². The first-order valence-corrected chi connectivity index (χ1v) is 9.14. The molecule has 138 valence electrons. The second-order valence-corrected chi connectivity index (χ2v) is 7.20. The predicted molar refractivity (Wildman–Crippen MR) is 101 cm³/mol. The Morgan fingerprint density at radius 3 is 2.52 bits per heavy atom. The fraction of sp³-hybridized carbons (Fsp3) is 0.167. The van der Waals surface area contributed by atoms with Crippen molar-refractivity contribution >= 4 is 33.2 Å². The third-order valence-corrected chi connectivity index (χ3v) is 5.64. The highest BCUT2D eigenvalue weighted by Crippen LogP contribution is 2.38. The predicted octanol–water partition coefficient (Wildman–Crippen LogP) is 4.15. The number of aliphatic hydroxyl groups excluding tert-OH is 1. The highest BCUT2D eigenvalue weighted by atomic mass is 79.9. The lowest BCUT2D eigenvalue weighted by Gasteiger charge is -2.16. The van der Waals surface area contributed by atoms with Crippen molar-refractivity contribution in [3.05, 3.63) is 74.2 Å².